The van der Waals surface area contributed by atoms with E-state index in [1.165, 1.54) is 7.11 Å². The molecule has 1 aromatic carbocycles. The van der Waals surface area contributed by atoms with Crippen LogP contribution in [0.15, 0.2) is 47.0 Å². The van der Waals surface area contributed by atoms with E-state index in [0.717, 1.165) is 16.8 Å². The molecular weight excluding hydrogens is 268 g/mol. The summed E-state index contributed by atoms with van der Waals surface area (Å²) < 4.78 is 0. The maximum Gasteiger partial charge on any atom is 0.160 e. The normalized spacial score (nSPS) is 11.1. The van der Waals surface area contributed by atoms with Crippen molar-refractivity contribution in [3.05, 3.63) is 53.6 Å². The van der Waals surface area contributed by atoms with Crippen LogP contribution in [0.3, 0.4) is 0 Å². The summed E-state index contributed by atoms with van der Waals surface area (Å²) in [6.45, 7) is 4.12. The van der Waals surface area contributed by atoms with Gasteiger partial charge in [-0.1, -0.05) is 34.6 Å². The fourth-order valence-corrected chi connectivity index (χ4v) is 1.81. The van der Waals surface area contributed by atoms with Gasteiger partial charge < -0.3 is 14.7 Å². The Morgan fingerprint density at radius 1 is 1.24 bits per heavy atom. The van der Waals surface area contributed by atoms with Gasteiger partial charge in [0.05, 0.1) is 5.71 Å². The Balaban J connectivity index is 2.33. The van der Waals surface area contributed by atoms with Gasteiger partial charge in [0.1, 0.15) is 13.7 Å². The summed E-state index contributed by atoms with van der Waals surface area (Å²) in [6.07, 6.45) is 3.41. The molecule has 0 radical (unpaired) electrons. The van der Waals surface area contributed by atoms with Crippen LogP contribution in [0, 0.1) is 0 Å². The molecule has 2 rings (SSSR count). The summed E-state index contributed by atoms with van der Waals surface area (Å²) in [4.78, 5) is 17.5. The highest BCUT2D eigenvalue weighted by molar-refractivity contribution is 6.11. The smallest absolute Gasteiger partial charge is 0.160 e. The van der Waals surface area contributed by atoms with Gasteiger partial charge in [0.15, 0.2) is 11.5 Å². The Bertz CT molecular complexity index is 629. The number of aromatic nitrogens is 2. The van der Waals surface area contributed by atoms with Gasteiger partial charge in [0, 0.05) is 23.5 Å². The Labute approximate surface area is 123 Å². The summed E-state index contributed by atoms with van der Waals surface area (Å²) in [5, 5.41) is 8.02. The van der Waals surface area contributed by atoms with Crippen LogP contribution in [0.25, 0.3) is 0 Å². The Kier molecular flexibility index (Phi) is 5.09. The predicted molar refractivity (Wildman–Crippen MR) is 81.2 cm³/mol. The Morgan fingerprint density at radius 3 is 2.71 bits per heavy atom. The third-order valence-electron chi connectivity index (χ3n) is 2.64. The van der Waals surface area contributed by atoms with Crippen LogP contribution in [0.5, 0.6) is 0 Å². The molecule has 0 saturated carbocycles. The molecule has 0 unspecified atom stereocenters. The molecule has 6 nitrogen and oxygen atoms in total. The number of nitrogens with one attached hydrogen (secondary N) is 1. The SMILES string of the molecule is CO/N=C(/c1ncc[nH]1)c1ccccc1CON=C(C)C. The van der Waals surface area contributed by atoms with Gasteiger partial charge in [-0.25, -0.2) is 4.98 Å². The first-order valence-corrected chi connectivity index (χ1v) is 6.54. The van der Waals surface area contributed by atoms with Crippen molar-refractivity contribution in [3.8, 4) is 0 Å². The zero-order valence-electron chi connectivity index (χ0n) is 12.3. The average molecular weight is 286 g/mol. The molecule has 1 heterocycles. The van der Waals surface area contributed by atoms with E-state index in [9.17, 15) is 0 Å². The number of nitrogens with zero attached hydrogens (tertiary/aromatic N) is 3. The standard InChI is InChI=1S/C15H18N4O2/c1-11(2)18-21-10-12-6-4-5-7-13(12)14(19-20-3)15-16-8-9-17-15/h4-9H,10H2,1-3H3,(H,16,17)/b19-14+. The zero-order chi connectivity index (χ0) is 15.1. The quantitative estimate of drug-likeness (QED) is 0.655. The van der Waals surface area contributed by atoms with Crippen molar-refractivity contribution < 1.29 is 9.68 Å². The lowest BCUT2D eigenvalue weighted by molar-refractivity contribution is 0.130. The molecular formula is C15H18N4O2. The van der Waals surface area contributed by atoms with Crippen LogP contribution < -0.4 is 0 Å². The maximum atomic E-state index is 5.33. The van der Waals surface area contributed by atoms with E-state index < -0.39 is 0 Å². The third-order valence-corrected chi connectivity index (χ3v) is 2.64. The van der Waals surface area contributed by atoms with Crippen molar-refractivity contribution in [2.24, 2.45) is 10.3 Å². The van der Waals surface area contributed by atoms with Crippen molar-refractivity contribution in [2.75, 3.05) is 7.11 Å². The molecule has 0 aliphatic rings. The van der Waals surface area contributed by atoms with Gasteiger partial charge in [-0.15, -0.1) is 0 Å². The van der Waals surface area contributed by atoms with E-state index in [1.807, 2.05) is 38.1 Å². The zero-order valence-corrected chi connectivity index (χ0v) is 12.3. The van der Waals surface area contributed by atoms with Crippen LogP contribution in [-0.4, -0.2) is 28.5 Å². The first-order chi connectivity index (χ1) is 10.2. The molecule has 1 aromatic heterocycles. The average Bonchev–Trinajstić information content (AvgIpc) is 2.99. The summed E-state index contributed by atoms with van der Waals surface area (Å²) in [5.41, 5.74) is 3.33. The van der Waals surface area contributed by atoms with Crippen molar-refractivity contribution in [3.63, 3.8) is 0 Å². The number of H-pyrrole nitrogens is 1. The van der Waals surface area contributed by atoms with E-state index in [-0.39, 0.29) is 0 Å². The molecule has 0 aliphatic carbocycles. The minimum atomic E-state index is 0.352. The van der Waals surface area contributed by atoms with Gasteiger partial charge in [0.25, 0.3) is 0 Å². The predicted octanol–water partition coefficient (Wildman–Crippen LogP) is 2.72. The Hall–Kier alpha value is -2.63. The highest BCUT2D eigenvalue weighted by Crippen LogP contribution is 2.15. The van der Waals surface area contributed by atoms with Gasteiger partial charge in [-0.05, 0) is 13.8 Å². The molecule has 0 fully saturated rings. The lowest BCUT2D eigenvalue weighted by Crippen LogP contribution is -2.10. The van der Waals surface area contributed by atoms with Crippen molar-refractivity contribution in [2.45, 2.75) is 20.5 Å². The number of imidazole rings is 1. The summed E-state index contributed by atoms with van der Waals surface area (Å²) in [5.74, 6) is 0.638. The lowest BCUT2D eigenvalue weighted by atomic mass is 10.0. The van der Waals surface area contributed by atoms with Gasteiger partial charge in [-0.3, -0.25) is 0 Å². The molecule has 0 saturated heterocycles. The van der Waals surface area contributed by atoms with Gasteiger partial charge in [-0.2, -0.15) is 0 Å². The number of oxime groups is 2. The van der Waals surface area contributed by atoms with E-state index in [1.54, 1.807) is 12.4 Å². The summed E-state index contributed by atoms with van der Waals surface area (Å²) in [7, 11) is 1.51. The van der Waals surface area contributed by atoms with E-state index in [4.69, 9.17) is 9.68 Å². The molecule has 0 atom stereocenters. The fourth-order valence-electron chi connectivity index (χ4n) is 1.81. The van der Waals surface area contributed by atoms with Crippen molar-refractivity contribution in [1.29, 1.82) is 0 Å². The van der Waals surface area contributed by atoms with Gasteiger partial charge in [0.2, 0.25) is 0 Å². The van der Waals surface area contributed by atoms with Crippen molar-refractivity contribution >= 4 is 11.4 Å². The molecule has 1 N–H and O–H groups in total. The second kappa shape index (κ2) is 7.23. The maximum absolute atomic E-state index is 5.33. The highest BCUT2D eigenvalue weighted by Gasteiger charge is 2.14. The first kappa shape index (κ1) is 14.8. The molecule has 0 spiro atoms. The molecule has 110 valence electrons. The number of hydrogen-bond acceptors (Lipinski definition) is 5. The van der Waals surface area contributed by atoms with E-state index in [2.05, 4.69) is 20.3 Å². The molecule has 21 heavy (non-hydrogen) atoms. The van der Waals surface area contributed by atoms with Gasteiger partial charge >= 0.3 is 0 Å². The second-order valence-corrected chi connectivity index (χ2v) is 4.53. The number of hydrogen-bond donors (Lipinski definition) is 1. The minimum Gasteiger partial charge on any atom is -0.399 e. The highest BCUT2D eigenvalue weighted by atomic mass is 16.6. The third kappa shape index (κ3) is 3.92. The fraction of sp³-hybridized carbons (Fsp3) is 0.267. The first-order valence-electron chi connectivity index (χ1n) is 6.54. The molecule has 0 bridgehead atoms. The largest absolute Gasteiger partial charge is 0.399 e. The lowest BCUT2D eigenvalue weighted by Gasteiger charge is -2.09. The molecule has 6 heteroatoms. The van der Waals surface area contributed by atoms with Crippen LogP contribution in [0.1, 0.15) is 30.8 Å². The van der Waals surface area contributed by atoms with Crippen LogP contribution in [0.2, 0.25) is 0 Å². The van der Waals surface area contributed by atoms with Crippen molar-refractivity contribution in [1.82, 2.24) is 9.97 Å². The summed E-state index contributed by atoms with van der Waals surface area (Å²) >= 11 is 0. The minimum absolute atomic E-state index is 0.352. The van der Waals surface area contributed by atoms with Crippen LogP contribution in [-0.2, 0) is 16.3 Å². The van der Waals surface area contributed by atoms with E-state index >= 15 is 0 Å². The molecule has 0 amide bonds. The monoisotopic (exact) mass is 286 g/mol. The number of rotatable bonds is 6. The second-order valence-electron chi connectivity index (χ2n) is 4.53. The van der Waals surface area contributed by atoms with Crippen LogP contribution >= 0.6 is 0 Å². The summed E-state index contributed by atoms with van der Waals surface area (Å²) in [6, 6.07) is 7.78. The Morgan fingerprint density at radius 2 is 2.05 bits per heavy atom. The van der Waals surface area contributed by atoms with Crippen LogP contribution in [0.4, 0.5) is 0 Å². The molecule has 2 aromatic rings. The number of benzene rings is 1. The number of aromatic amines is 1. The topological polar surface area (TPSA) is 71.9 Å². The molecule has 0 aliphatic heterocycles. The van der Waals surface area contributed by atoms with E-state index in [0.29, 0.717) is 18.1 Å².